The standard InChI is InChI=1S/C54H60BNS/c1-31-25-37-35-15-14-16-36-46(35)49(57-48(36)33-17-19-34(20-18-33)50(3,4)5)55-42-28-39-41(54(12,13)24-22-52(39,8)9)30-44(42)56(45(26-31)47(37)55)43-29-40-38(27-32(43)2)51(6,7)21-23-53(40,10)11/h14-20,25-30H,21-24H2,1-13H3. The second-order valence-electron chi connectivity index (χ2n) is 22.0. The van der Waals surface area contributed by atoms with Gasteiger partial charge < -0.3 is 4.90 Å². The summed E-state index contributed by atoms with van der Waals surface area (Å²) in [6.45, 7) is 31.6. The van der Waals surface area contributed by atoms with E-state index in [1.165, 1.54) is 124 Å². The number of benzene rings is 5. The van der Waals surface area contributed by atoms with Crippen molar-refractivity contribution in [2.75, 3.05) is 4.90 Å². The van der Waals surface area contributed by atoms with Crippen molar-refractivity contribution in [3.05, 3.63) is 118 Å². The lowest BCUT2D eigenvalue weighted by molar-refractivity contribution is 0.331. The van der Waals surface area contributed by atoms with E-state index in [1.54, 1.807) is 5.56 Å². The highest BCUT2D eigenvalue weighted by atomic mass is 32.1. The molecule has 0 N–H and O–H groups in total. The maximum absolute atomic E-state index is 2.73. The molecule has 57 heavy (non-hydrogen) atoms. The summed E-state index contributed by atoms with van der Waals surface area (Å²) < 4.78 is 1.51. The van der Waals surface area contributed by atoms with Crippen molar-refractivity contribution in [2.24, 2.45) is 0 Å². The Morgan fingerprint density at radius 3 is 1.75 bits per heavy atom. The van der Waals surface area contributed by atoms with Gasteiger partial charge in [0.25, 0.3) is 6.71 Å². The van der Waals surface area contributed by atoms with Crippen molar-refractivity contribution >= 4 is 61.6 Å². The molecule has 4 aliphatic rings. The van der Waals surface area contributed by atoms with E-state index in [1.807, 2.05) is 11.3 Å². The summed E-state index contributed by atoms with van der Waals surface area (Å²) in [5.41, 5.74) is 22.0. The van der Waals surface area contributed by atoms with Crippen LogP contribution < -0.4 is 20.6 Å². The minimum absolute atomic E-state index is 0.0995. The minimum Gasteiger partial charge on any atom is -0.311 e. The molecule has 1 nitrogen and oxygen atoms in total. The van der Waals surface area contributed by atoms with E-state index in [-0.39, 0.29) is 33.8 Å². The van der Waals surface area contributed by atoms with Crippen molar-refractivity contribution in [2.45, 2.75) is 143 Å². The van der Waals surface area contributed by atoms with Crippen LogP contribution >= 0.6 is 11.3 Å². The third-order valence-electron chi connectivity index (χ3n) is 15.1. The lowest BCUT2D eigenvalue weighted by atomic mass is 9.34. The first kappa shape index (κ1) is 37.2. The van der Waals surface area contributed by atoms with Gasteiger partial charge in [0.15, 0.2) is 0 Å². The van der Waals surface area contributed by atoms with E-state index in [4.69, 9.17) is 0 Å². The first-order valence-corrected chi connectivity index (χ1v) is 22.5. The zero-order valence-corrected chi connectivity index (χ0v) is 37.6. The lowest BCUT2D eigenvalue weighted by Crippen LogP contribution is -2.59. The zero-order chi connectivity index (χ0) is 40.4. The number of hydrogen-bond donors (Lipinski definition) is 0. The third-order valence-corrected chi connectivity index (χ3v) is 16.4. The van der Waals surface area contributed by atoms with Crippen molar-refractivity contribution < 1.29 is 0 Å². The van der Waals surface area contributed by atoms with Gasteiger partial charge in [0.1, 0.15) is 0 Å². The molecule has 3 heterocycles. The number of hydrogen-bond acceptors (Lipinski definition) is 2. The average molecular weight is 766 g/mol. The maximum atomic E-state index is 2.73. The Morgan fingerprint density at radius 1 is 0.596 bits per heavy atom. The molecule has 2 aliphatic heterocycles. The first-order chi connectivity index (χ1) is 26.7. The quantitative estimate of drug-likeness (QED) is 0.158. The Bertz CT molecular complexity index is 2690. The van der Waals surface area contributed by atoms with Crippen LogP contribution in [0.1, 0.15) is 141 Å². The Hall–Kier alpha value is -4.08. The van der Waals surface area contributed by atoms with Crippen LogP contribution in [0.4, 0.5) is 17.1 Å². The van der Waals surface area contributed by atoms with Gasteiger partial charge >= 0.3 is 0 Å². The predicted molar refractivity (Wildman–Crippen MR) is 251 cm³/mol. The topological polar surface area (TPSA) is 3.24 Å². The summed E-state index contributed by atoms with van der Waals surface area (Å²) in [6.07, 6.45) is 4.83. The Morgan fingerprint density at radius 2 is 1.16 bits per heavy atom. The van der Waals surface area contributed by atoms with Crippen LogP contribution in [0, 0.1) is 13.8 Å². The zero-order valence-electron chi connectivity index (χ0n) is 36.8. The summed E-state index contributed by atoms with van der Waals surface area (Å²) in [5.74, 6) is 0. The highest BCUT2D eigenvalue weighted by Crippen LogP contribution is 2.53. The smallest absolute Gasteiger partial charge is 0.260 e. The van der Waals surface area contributed by atoms with E-state index < -0.39 is 0 Å². The normalized spacial score (nSPS) is 19.2. The number of rotatable bonds is 2. The molecule has 0 radical (unpaired) electrons. The molecule has 2 aliphatic carbocycles. The molecule has 290 valence electrons. The lowest BCUT2D eigenvalue weighted by Gasteiger charge is -2.47. The molecule has 0 spiro atoms. The van der Waals surface area contributed by atoms with Gasteiger partial charge in [-0.25, -0.2) is 0 Å². The monoisotopic (exact) mass is 765 g/mol. The molecule has 6 aromatic rings. The van der Waals surface area contributed by atoms with Gasteiger partial charge in [0.05, 0.1) is 0 Å². The molecule has 0 saturated carbocycles. The number of thiophene rings is 1. The van der Waals surface area contributed by atoms with Crippen LogP contribution in [0.2, 0.25) is 0 Å². The molecular weight excluding hydrogens is 705 g/mol. The summed E-state index contributed by atoms with van der Waals surface area (Å²) in [7, 11) is 0. The Labute approximate surface area is 347 Å². The maximum Gasteiger partial charge on any atom is 0.260 e. The fourth-order valence-corrected chi connectivity index (χ4v) is 12.7. The van der Waals surface area contributed by atoms with Gasteiger partial charge in [-0.15, -0.1) is 11.3 Å². The molecule has 0 bridgehead atoms. The molecule has 10 rings (SSSR count). The van der Waals surface area contributed by atoms with Crippen LogP contribution in [-0.4, -0.2) is 6.71 Å². The van der Waals surface area contributed by atoms with E-state index in [0.717, 1.165) is 0 Å². The van der Waals surface area contributed by atoms with Gasteiger partial charge in [-0.2, -0.15) is 0 Å². The third kappa shape index (κ3) is 5.32. The van der Waals surface area contributed by atoms with E-state index in [0.29, 0.717) is 0 Å². The second kappa shape index (κ2) is 11.8. The molecule has 0 atom stereocenters. The summed E-state index contributed by atoms with van der Waals surface area (Å²) in [6, 6.07) is 32.1. The van der Waals surface area contributed by atoms with Gasteiger partial charge in [-0.1, -0.05) is 137 Å². The molecule has 0 amide bonds. The van der Waals surface area contributed by atoms with Crippen molar-refractivity contribution in [1.82, 2.24) is 0 Å². The molecular formula is C54H60BNS. The van der Waals surface area contributed by atoms with E-state index in [2.05, 4.69) is 174 Å². The number of aryl methyl sites for hydroxylation is 2. The molecule has 0 unspecified atom stereocenters. The van der Waals surface area contributed by atoms with Gasteiger partial charge in [-0.3, -0.25) is 0 Å². The number of fused-ring (bicyclic) bond motifs is 6. The van der Waals surface area contributed by atoms with E-state index in [9.17, 15) is 0 Å². The van der Waals surface area contributed by atoms with Gasteiger partial charge in [0, 0.05) is 27.3 Å². The van der Waals surface area contributed by atoms with Crippen LogP contribution in [0.3, 0.4) is 0 Å². The minimum atomic E-state index is 0.0995. The Balaban J connectivity index is 1.30. The van der Waals surface area contributed by atoms with Crippen molar-refractivity contribution in [1.29, 1.82) is 0 Å². The van der Waals surface area contributed by atoms with Crippen LogP contribution in [0.5, 0.6) is 0 Å². The first-order valence-electron chi connectivity index (χ1n) is 21.6. The second-order valence-corrected chi connectivity index (χ2v) is 23.1. The van der Waals surface area contributed by atoms with Crippen molar-refractivity contribution in [3.63, 3.8) is 0 Å². The molecule has 0 fully saturated rings. The summed E-state index contributed by atoms with van der Waals surface area (Å²) >= 11 is 2.05. The van der Waals surface area contributed by atoms with Gasteiger partial charge in [0.2, 0.25) is 0 Å². The SMILES string of the molecule is Cc1cc2c3c(c1)N(c1cc4c(cc1C)C(C)(C)CCC4(C)C)c1cc4c(cc1B3c1sc(-c3ccc(C(C)(C)C)cc3)c3cccc-2c13)C(C)(C)CCC4(C)C. The summed E-state index contributed by atoms with van der Waals surface area (Å²) in [4.78, 5) is 4.13. The van der Waals surface area contributed by atoms with Crippen LogP contribution in [0.25, 0.3) is 32.3 Å². The highest BCUT2D eigenvalue weighted by Gasteiger charge is 2.47. The molecule has 3 heteroatoms. The highest BCUT2D eigenvalue weighted by molar-refractivity contribution is 7.32. The average Bonchev–Trinajstić information content (AvgIpc) is 3.53. The molecule has 5 aromatic carbocycles. The largest absolute Gasteiger partial charge is 0.311 e. The van der Waals surface area contributed by atoms with Crippen LogP contribution in [0.15, 0.2) is 78.9 Å². The summed E-state index contributed by atoms with van der Waals surface area (Å²) in [5, 5.41) is 2.85. The van der Waals surface area contributed by atoms with Gasteiger partial charge in [-0.05, 0) is 162 Å². The molecule has 1 aromatic heterocycles. The number of anilines is 3. The van der Waals surface area contributed by atoms with E-state index >= 15 is 0 Å². The fourth-order valence-electron chi connectivity index (χ4n) is 11.3. The predicted octanol–water partition coefficient (Wildman–Crippen LogP) is 13.5. The fraction of sp³-hybridized carbons (Fsp3) is 0.407. The van der Waals surface area contributed by atoms with Crippen LogP contribution in [-0.2, 0) is 27.1 Å². The Kier molecular flexibility index (Phi) is 7.69. The molecule has 0 saturated heterocycles. The number of nitrogens with zero attached hydrogens (tertiary/aromatic N) is 1. The van der Waals surface area contributed by atoms with Crippen molar-refractivity contribution in [3.8, 4) is 21.6 Å².